The van der Waals surface area contributed by atoms with Gasteiger partial charge in [0.25, 0.3) is 5.91 Å². The summed E-state index contributed by atoms with van der Waals surface area (Å²) in [6.07, 6.45) is 0. The summed E-state index contributed by atoms with van der Waals surface area (Å²) in [5, 5.41) is 0.437. The zero-order chi connectivity index (χ0) is 19.8. The first-order valence-electron chi connectivity index (χ1n) is 7.85. The number of hydrogen-bond donors (Lipinski definition) is 3. The number of halogens is 1. The molecule has 7 nitrogen and oxygen atoms in total. The lowest BCUT2D eigenvalue weighted by Crippen LogP contribution is -2.23. The summed E-state index contributed by atoms with van der Waals surface area (Å²) in [7, 11) is -1.56. The number of nitrogens with zero attached hydrogens (tertiary/aromatic N) is 2. The van der Waals surface area contributed by atoms with Crippen LogP contribution in [0.1, 0.15) is 20.9 Å². The minimum absolute atomic E-state index is 0.0941. The molecule has 3 rings (SSSR count). The van der Waals surface area contributed by atoms with Crippen LogP contribution in [-0.4, -0.2) is 44.7 Å². The summed E-state index contributed by atoms with van der Waals surface area (Å²) < 4.78 is 12.3. The standard InChI is InChI=1S/C17H17ClN3O4PS/c1-21(2)15(22)10-6-5-7-11(18)14(10)16(26(23,24)25)27-17-19-12-8-3-4-9-13(12)20-17/h3-9,16H,1-2H3,(H,19,20)(H2,23,24,25). The van der Waals surface area contributed by atoms with Gasteiger partial charge in [0, 0.05) is 30.2 Å². The number of aromatic amines is 1. The summed E-state index contributed by atoms with van der Waals surface area (Å²) in [4.78, 5) is 39.9. The lowest BCUT2D eigenvalue weighted by molar-refractivity contribution is 0.0827. The van der Waals surface area contributed by atoms with E-state index < -0.39 is 18.5 Å². The molecule has 3 aromatic rings. The number of H-pyrrole nitrogens is 1. The fraction of sp³-hybridized carbons (Fsp3) is 0.176. The minimum Gasteiger partial charge on any atom is -0.345 e. The molecule has 0 saturated carbocycles. The van der Waals surface area contributed by atoms with Crippen LogP contribution in [0.4, 0.5) is 0 Å². The van der Waals surface area contributed by atoms with Crippen LogP contribution >= 0.6 is 31.0 Å². The zero-order valence-electron chi connectivity index (χ0n) is 14.5. The van der Waals surface area contributed by atoms with E-state index >= 15 is 0 Å². The third kappa shape index (κ3) is 4.20. The Hall–Kier alpha value is -1.83. The van der Waals surface area contributed by atoms with Crippen molar-refractivity contribution in [3.8, 4) is 0 Å². The Morgan fingerprint density at radius 3 is 2.56 bits per heavy atom. The summed E-state index contributed by atoms with van der Waals surface area (Å²) in [5.41, 5.74) is 1.66. The Balaban J connectivity index is 2.11. The summed E-state index contributed by atoms with van der Waals surface area (Å²) >= 11 is 7.11. The van der Waals surface area contributed by atoms with Crippen molar-refractivity contribution in [2.24, 2.45) is 0 Å². The second kappa shape index (κ2) is 7.66. The van der Waals surface area contributed by atoms with Crippen molar-refractivity contribution < 1.29 is 19.1 Å². The molecule has 1 heterocycles. The molecule has 0 saturated heterocycles. The van der Waals surface area contributed by atoms with Crippen LogP contribution in [-0.2, 0) is 4.57 Å². The Labute approximate surface area is 164 Å². The van der Waals surface area contributed by atoms with Gasteiger partial charge in [0.1, 0.15) is 4.99 Å². The number of hydrogen-bond acceptors (Lipinski definition) is 4. The quantitative estimate of drug-likeness (QED) is 0.423. The van der Waals surface area contributed by atoms with E-state index in [-0.39, 0.29) is 16.1 Å². The molecule has 0 aliphatic heterocycles. The van der Waals surface area contributed by atoms with E-state index in [9.17, 15) is 19.1 Å². The maximum absolute atomic E-state index is 12.5. The van der Waals surface area contributed by atoms with Gasteiger partial charge in [0.05, 0.1) is 11.0 Å². The number of para-hydroxylation sites is 2. The number of rotatable bonds is 5. The Morgan fingerprint density at radius 2 is 1.93 bits per heavy atom. The van der Waals surface area contributed by atoms with Crippen LogP contribution in [0, 0.1) is 0 Å². The molecular formula is C17H17ClN3O4PS. The normalized spacial score (nSPS) is 12.9. The Morgan fingerprint density at radius 1 is 1.22 bits per heavy atom. The average Bonchev–Trinajstić information content (AvgIpc) is 3.01. The van der Waals surface area contributed by atoms with Crippen LogP contribution in [0.5, 0.6) is 0 Å². The van der Waals surface area contributed by atoms with E-state index in [0.717, 1.165) is 17.3 Å². The molecule has 2 aromatic carbocycles. The van der Waals surface area contributed by atoms with Crippen molar-refractivity contribution in [2.75, 3.05) is 14.1 Å². The number of imidazole rings is 1. The van der Waals surface area contributed by atoms with Gasteiger partial charge in [0.15, 0.2) is 5.16 Å². The fourth-order valence-electron chi connectivity index (χ4n) is 2.60. The molecule has 3 N–H and O–H groups in total. The van der Waals surface area contributed by atoms with E-state index in [1.165, 1.54) is 17.0 Å². The van der Waals surface area contributed by atoms with Gasteiger partial charge in [0.2, 0.25) is 0 Å². The first-order valence-corrected chi connectivity index (χ1v) is 10.8. The van der Waals surface area contributed by atoms with Crippen molar-refractivity contribution in [3.05, 3.63) is 58.6 Å². The number of nitrogens with one attached hydrogen (secondary N) is 1. The topological polar surface area (TPSA) is 107 Å². The molecule has 0 fully saturated rings. The molecule has 10 heteroatoms. The number of amides is 1. The first kappa shape index (κ1) is 19.9. The number of fused-ring (bicyclic) bond motifs is 1. The van der Waals surface area contributed by atoms with E-state index in [2.05, 4.69) is 9.97 Å². The van der Waals surface area contributed by atoms with Crippen molar-refractivity contribution >= 4 is 47.9 Å². The predicted molar refractivity (Wildman–Crippen MR) is 106 cm³/mol. The SMILES string of the molecule is CN(C)C(=O)c1cccc(Cl)c1C(Sc1nc2ccccc2[nH]1)P(=O)(O)O. The Bertz CT molecular complexity index is 1020. The van der Waals surface area contributed by atoms with Crippen molar-refractivity contribution in [3.63, 3.8) is 0 Å². The maximum Gasteiger partial charge on any atom is 0.343 e. The van der Waals surface area contributed by atoms with Crippen LogP contribution in [0.2, 0.25) is 5.02 Å². The highest BCUT2D eigenvalue weighted by molar-refractivity contribution is 8.04. The molecule has 0 bridgehead atoms. The molecule has 142 valence electrons. The van der Waals surface area contributed by atoms with Gasteiger partial charge in [-0.15, -0.1) is 0 Å². The lowest BCUT2D eigenvalue weighted by atomic mass is 10.1. The average molecular weight is 426 g/mol. The van der Waals surface area contributed by atoms with E-state index in [4.69, 9.17) is 11.6 Å². The number of aromatic nitrogens is 2. The number of carbonyl (C=O) groups excluding carboxylic acids is 1. The molecule has 0 aliphatic rings. The molecule has 1 aromatic heterocycles. The van der Waals surface area contributed by atoms with Gasteiger partial charge in [-0.2, -0.15) is 0 Å². The molecule has 1 atom stereocenters. The number of benzene rings is 2. The van der Waals surface area contributed by atoms with Gasteiger partial charge in [-0.25, -0.2) is 4.98 Å². The van der Waals surface area contributed by atoms with Gasteiger partial charge in [-0.05, 0) is 24.3 Å². The highest BCUT2D eigenvalue weighted by Crippen LogP contribution is 2.61. The largest absolute Gasteiger partial charge is 0.345 e. The van der Waals surface area contributed by atoms with Crippen LogP contribution in [0.3, 0.4) is 0 Å². The highest BCUT2D eigenvalue weighted by atomic mass is 35.5. The first-order chi connectivity index (χ1) is 12.7. The van der Waals surface area contributed by atoms with Gasteiger partial charge in [-0.3, -0.25) is 9.36 Å². The van der Waals surface area contributed by atoms with Crippen molar-refractivity contribution in [1.29, 1.82) is 0 Å². The van der Waals surface area contributed by atoms with Gasteiger partial charge >= 0.3 is 7.60 Å². The molecule has 1 unspecified atom stereocenters. The minimum atomic E-state index is -4.68. The second-order valence-electron chi connectivity index (χ2n) is 6.02. The van der Waals surface area contributed by atoms with E-state index in [1.807, 2.05) is 18.2 Å². The van der Waals surface area contributed by atoms with Crippen LogP contribution in [0.15, 0.2) is 47.6 Å². The predicted octanol–water partition coefficient (Wildman–Crippen LogP) is 3.89. The maximum atomic E-state index is 12.5. The third-order valence-electron chi connectivity index (χ3n) is 3.83. The van der Waals surface area contributed by atoms with Crippen LogP contribution in [0.25, 0.3) is 11.0 Å². The van der Waals surface area contributed by atoms with E-state index in [1.54, 1.807) is 26.2 Å². The lowest BCUT2D eigenvalue weighted by Gasteiger charge is -2.22. The summed E-state index contributed by atoms with van der Waals surface area (Å²) in [6, 6.07) is 11.8. The van der Waals surface area contributed by atoms with Crippen molar-refractivity contribution in [2.45, 2.75) is 10.1 Å². The van der Waals surface area contributed by atoms with E-state index in [0.29, 0.717) is 10.7 Å². The molecule has 0 spiro atoms. The monoisotopic (exact) mass is 425 g/mol. The smallest absolute Gasteiger partial charge is 0.343 e. The molecule has 0 radical (unpaired) electrons. The van der Waals surface area contributed by atoms with Gasteiger partial charge in [-0.1, -0.05) is 41.6 Å². The number of carbonyl (C=O) groups is 1. The number of thioether (sulfide) groups is 1. The third-order valence-corrected chi connectivity index (χ3v) is 7.05. The summed E-state index contributed by atoms with van der Waals surface area (Å²) in [6.45, 7) is 0. The molecule has 0 aliphatic carbocycles. The van der Waals surface area contributed by atoms with Gasteiger partial charge < -0.3 is 19.7 Å². The zero-order valence-corrected chi connectivity index (χ0v) is 16.9. The second-order valence-corrected chi connectivity index (χ2v) is 9.56. The highest BCUT2D eigenvalue weighted by Gasteiger charge is 2.37. The molecular weight excluding hydrogens is 409 g/mol. The Kier molecular flexibility index (Phi) is 5.65. The molecule has 27 heavy (non-hydrogen) atoms. The summed E-state index contributed by atoms with van der Waals surface area (Å²) in [5.74, 6) is -0.392. The molecule has 1 amide bonds. The van der Waals surface area contributed by atoms with Crippen LogP contribution < -0.4 is 0 Å². The van der Waals surface area contributed by atoms with Crippen molar-refractivity contribution in [1.82, 2.24) is 14.9 Å². The fourth-order valence-corrected chi connectivity index (χ4v) is 5.39.